The second kappa shape index (κ2) is 6.54. The Kier molecular flexibility index (Phi) is 5.11. The summed E-state index contributed by atoms with van der Waals surface area (Å²) in [5.74, 6) is 0.694. The molecule has 0 bridgehead atoms. The van der Waals surface area contributed by atoms with E-state index >= 15 is 0 Å². The molecule has 0 unspecified atom stereocenters. The Morgan fingerprint density at radius 3 is 2.36 bits per heavy atom. The van der Waals surface area contributed by atoms with Crippen molar-refractivity contribution in [3.63, 3.8) is 0 Å². The van der Waals surface area contributed by atoms with E-state index in [1.807, 2.05) is 6.92 Å². The topological polar surface area (TPSA) is 65.1 Å². The summed E-state index contributed by atoms with van der Waals surface area (Å²) in [4.78, 5) is 0.325. The molecule has 0 N–H and O–H groups in total. The van der Waals surface area contributed by atoms with E-state index < -0.39 is 16.3 Å². The molecule has 1 aliphatic heterocycles. The number of sulfonamides is 1. The van der Waals surface area contributed by atoms with Crippen molar-refractivity contribution in [1.82, 2.24) is 4.31 Å². The van der Waals surface area contributed by atoms with E-state index in [2.05, 4.69) is 0 Å². The number of aryl methyl sites for hydroxylation is 1. The van der Waals surface area contributed by atoms with Crippen LogP contribution in [0.3, 0.4) is 0 Å². The second-order valence-electron chi connectivity index (χ2n) is 5.43. The molecule has 0 aliphatic carbocycles. The van der Waals surface area contributed by atoms with Crippen LogP contribution in [-0.2, 0) is 19.5 Å². The van der Waals surface area contributed by atoms with Gasteiger partial charge in [0.15, 0.2) is 6.29 Å². The molecular formula is C15H23NO5S. The number of nitrogens with zero attached hydrogens (tertiary/aromatic N) is 1. The number of hydrogen-bond acceptors (Lipinski definition) is 5. The Labute approximate surface area is 132 Å². The normalized spacial score (nSPS) is 16.5. The molecule has 6 nitrogen and oxygen atoms in total. The number of hydrogen-bond donors (Lipinski definition) is 0. The molecule has 0 spiro atoms. The van der Waals surface area contributed by atoms with Crippen LogP contribution >= 0.6 is 0 Å². The quantitative estimate of drug-likeness (QED) is 0.821. The highest BCUT2D eigenvalue weighted by atomic mass is 32.2. The van der Waals surface area contributed by atoms with Gasteiger partial charge in [-0.25, -0.2) is 8.42 Å². The zero-order valence-corrected chi connectivity index (χ0v) is 14.5. The maximum absolute atomic E-state index is 12.9. The van der Waals surface area contributed by atoms with Crippen molar-refractivity contribution in [2.24, 2.45) is 0 Å². The van der Waals surface area contributed by atoms with Crippen molar-refractivity contribution in [3.8, 4) is 5.75 Å². The molecule has 124 valence electrons. The lowest BCUT2D eigenvalue weighted by molar-refractivity contribution is -0.0482. The molecule has 1 saturated heterocycles. The molecule has 1 aromatic rings. The first-order chi connectivity index (χ1) is 10.3. The van der Waals surface area contributed by atoms with Gasteiger partial charge in [-0.05, 0) is 43.5 Å². The number of ether oxygens (including phenoxy) is 3. The molecule has 0 atom stereocenters. The summed E-state index contributed by atoms with van der Waals surface area (Å²) in [7, 11) is -0.497. The first-order valence-electron chi connectivity index (χ1n) is 7.13. The second-order valence-corrected chi connectivity index (χ2v) is 7.41. The molecule has 7 heteroatoms. The predicted octanol–water partition coefficient (Wildman–Crippen LogP) is 1.61. The van der Waals surface area contributed by atoms with E-state index in [0.717, 1.165) is 5.56 Å². The first-order valence-corrected chi connectivity index (χ1v) is 8.57. The highest BCUT2D eigenvalue weighted by molar-refractivity contribution is 7.89. The van der Waals surface area contributed by atoms with Gasteiger partial charge in [0.25, 0.3) is 0 Å². The van der Waals surface area contributed by atoms with Crippen molar-refractivity contribution in [2.45, 2.75) is 32.0 Å². The Morgan fingerprint density at radius 2 is 1.82 bits per heavy atom. The molecule has 0 saturated carbocycles. The minimum Gasteiger partial charge on any atom is -0.496 e. The Hall–Kier alpha value is -1.15. The van der Waals surface area contributed by atoms with Crippen LogP contribution in [0.15, 0.2) is 11.0 Å². The lowest BCUT2D eigenvalue weighted by Gasteiger charge is -2.23. The highest BCUT2D eigenvalue weighted by Crippen LogP contribution is 2.32. The van der Waals surface area contributed by atoms with Crippen LogP contribution in [0.1, 0.15) is 16.7 Å². The van der Waals surface area contributed by atoms with E-state index in [4.69, 9.17) is 14.2 Å². The van der Waals surface area contributed by atoms with Gasteiger partial charge in [0.1, 0.15) is 5.75 Å². The molecule has 1 heterocycles. The van der Waals surface area contributed by atoms with Crippen LogP contribution in [-0.4, -0.2) is 52.9 Å². The monoisotopic (exact) mass is 329 g/mol. The molecule has 22 heavy (non-hydrogen) atoms. The van der Waals surface area contributed by atoms with E-state index in [0.29, 0.717) is 35.0 Å². The molecule has 1 fully saturated rings. The molecule has 0 aromatic heterocycles. The van der Waals surface area contributed by atoms with Gasteiger partial charge >= 0.3 is 0 Å². The summed E-state index contributed by atoms with van der Waals surface area (Å²) in [6.45, 7) is 6.60. The number of rotatable bonds is 5. The largest absolute Gasteiger partial charge is 0.496 e. The smallest absolute Gasteiger partial charge is 0.243 e. The van der Waals surface area contributed by atoms with Crippen LogP contribution in [0.2, 0.25) is 0 Å². The summed E-state index contributed by atoms with van der Waals surface area (Å²) in [5, 5.41) is 0. The van der Waals surface area contributed by atoms with E-state index in [-0.39, 0.29) is 6.54 Å². The summed E-state index contributed by atoms with van der Waals surface area (Å²) in [5.41, 5.74) is 2.20. The van der Waals surface area contributed by atoms with Crippen LogP contribution in [0.5, 0.6) is 5.75 Å². The van der Waals surface area contributed by atoms with Crippen LogP contribution < -0.4 is 4.74 Å². The fourth-order valence-electron chi connectivity index (χ4n) is 2.61. The SMILES string of the molecule is COc1cc(C)c(S(=O)(=O)N(C)CC2OCCO2)c(C)c1C. The minimum absolute atomic E-state index is 0.173. The Bertz CT molecular complexity index is 650. The van der Waals surface area contributed by atoms with Crippen molar-refractivity contribution in [2.75, 3.05) is 33.9 Å². The van der Waals surface area contributed by atoms with Crippen molar-refractivity contribution in [3.05, 3.63) is 22.8 Å². The predicted molar refractivity (Wildman–Crippen MR) is 82.7 cm³/mol. The maximum Gasteiger partial charge on any atom is 0.243 e. The van der Waals surface area contributed by atoms with Crippen LogP contribution in [0.25, 0.3) is 0 Å². The number of methoxy groups -OCH3 is 1. The Balaban J connectivity index is 2.38. The third-order valence-corrected chi connectivity index (χ3v) is 6.08. The van der Waals surface area contributed by atoms with Gasteiger partial charge in [-0.1, -0.05) is 0 Å². The third kappa shape index (κ3) is 3.12. The highest BCUT2D eigenvalue weighted by Gasteiger charge is 2.30. The average Bonchev–Trinajstić information content (AvgIpc) is 2.95. The van der Waals surface area contributed by atoms with E-state index in [9.17, 15) is 8.42 Å². The molecule has 0 amide bonds. The van der Waals surface area contributed by atoms with Crippen molar-refractivity contribution >= 4 is 10.0 Å². The molecule has 1 aliphatic rings. The van der Waals surface area contributed by atoms with Crippen LogP contribution in [0.4, 0.5) is 0 Å². The summed E-state index contributed by atoms with van der Waals surface area (Å²) < 4.78 is 43.0. The number of benzene rings is 1. The standard InChI is InChI=1S/C15H23NO5S/c1-10-8-13(19-5)11(2)12(3)15(10)22(17,18)16(4)9-14-20-6-7-21-14/h8,14H,6-7,9H2,1-5H3. The lowest BCUT2D eigenvalue weighted by Crippen LogP contribution is -2.35. The van der Waals surface area contributed by atoms with E-state index in [1.165, 1.54) is 4.31 Å². The zero-order valence-electron chi connectivity index (χ0n) is 13.7. The molecular weight excluding hydrogens is 306 g/mol. The molecule has 2 rings (SSSR count). The zero-order chi connectivity index (χ0) is 16.5. The third-order valence-electron chi connectivity index (χ3n) is 3.96. The minimum atomic E-state index is -3.62. The fourth-order valence-corrected chi connectivity index (χ4v) is 4.24. The summed E-state index contributed by atoms with van der Waals surface area (Å²) >= 11 is 0. The summed E-state index contributed by atoms with van der Waals surface area (Å²) in [6, 6.07) is 1.76. The van der Waals surface area contributed by atoms with Gasteiger partial charge in [-0.15, -0.1) is 0 Å². The Morgan fingerprint density at radius 1 is 1.23 bits per heavy atom. The van der Waals surface area contributed by atoms with Crippen molar-refractivity contribution < 1.29 is 22.6 Å². The lowest BCUT2D eigenvalue weighted by atomic mass is 10.1. The van der Waals surface area contributed by atoms with Gasteiger partial charge in [0.2, 0.25) is 10.0 Å². The van der Waals surface area contributed by atoms with Gasteiger partial charge in [0, 0.05) is 7.05 Å². The average molecular weight is 329 g/mol. The van der Waals surface area contributed by atoms with E-state index in [1.54, 1.807) is 34.1 Å². The van der Waals surface area contributed by atoms with Gasteiger partial charge in [-0.3, -0.25) is 0 Å². The fraction of sp³-hybridized carbons (Fsp3) is 0.600. The molecule has 0 radical (unpaired) electrons. The van der Waals surface area contributed by atoms with Crippen LogP contribution in [0, 0.1) is 20.8 Å². The van der Waals surface area contributed by atoms with Gasteiger partial charge in [-0.2, -0.15) is 4.31 Å². The number of likely N-dealkylation sites (N-methyl/N-ethyl adjacent to an activating group) is 1. The molecule has 1 aromatic carbocycles. The van der Waals surface area contributed by atoms with Crippen molar-refractivity contribution in [1.29, 1.82) is 0 Å². The maximum atomic E-state index is 12.9. The first kappa shape index (κ1) is 17.2. The van der Waals surface area contributed by atoms with Gasteiger partial charge in [0.05, 0.1) is 31.8 Å². The summed E-state index contributed by atoms with van der Waals surface area (Å²) in [6.07, 6.45) is -0.500. The van der Waals surface area contributed by atoms with Gasteiger partial charge < -0.3 is 14.2 Å².